The number of Topliss-reactive ketones (excluding diaryl/α,β-unsaturated/α-hetero) is 1. The highest BCUT2D eigenvalue weighted by Gasteiger charge is 2.51. The predicted octanol–water partition coefficient (Wildman–Crippen LogP) is 6.81. The maximum absolute atomic E-state index is 14.3. The Bertz CT molecular complexity index is 1610. The maximum atomic E-state index is 14.3. The van der Waals surface area contributed by atoms with Crippen molar-refractivity contribution in [1.29, 1.82) is 0 Å². The van der Waals surface area contributed by atoms with Crippen LogP contribution in [0.1, 0.15) is 55.1 Å². The van der Waals surface area contributed by atoms with Crippen molar-refractivity contribution < 1.29 is 9.90 Å². The van der Waals surface area contributed by atoms with Gasteiger partial charge in [-0.3, -0.25) is 4.79 Å². The summed E-state index contributed by atoms with van der Waals surface area (Å²) in [5, 5.41) is 13.8. The van der Waals surface area contributed by atoms with E-state index in [-0.39, 0.29) is 22.9 Å². The van der Waals surface area contributed by atoms with Crippen LogP contribution in [0.4, 0.5) is 0 Å². The molecular formula is C39H52N4O2. The normalized spacial score (nSPS) is 22.3. The number of carbonyl (C=O) groups excluding carboxylic acids is 1. The van der Waals surface area contributed by atoms with Crippen LogP contribution in [-0.2, 0) is 6.42 Å². The molecule has 3 aliphatic carbocycles. The van der Waals surface area contributed by atoms with E-state index in [9.17, 15) is 9.90 Å². The summed E-state index contributed by atoms with van der Waals surface area (Å²) in [5.74, 6) is 0.389. The van der Waals surface area contributed by atoms with Crippen LogP contribution in [0.15, 0.2) is 89.7 Å². The number of phenols is 1. The van der Waals surface area contributed by atoms with Gasteiger partial charge in [0.15, 0.2) is 5.78 Å². The summed E-state index contributed by atoms with van der Waals surface area (Å²) in [6.07, 6.45) is 2.50. The molecule has 0 fully saturated rings. The van der Waals surface area contributed by atoms with Crippen LogP contribution in [0.2, 0.25) is 0 Å². The summed E-state index contributed by atoms with van der Waals surface area (Å²) in [7, 11) is 9.95. The first-order chi connectivity index (χ1) is 21.2. The Morgan fingerprint density at radius 2 is 1.76 bits per heavy atom. The highest BCUT2D eigenvalue weighted by molar-refractivity contribution is 6.14. The van der Waals surface area contributed by atoms with Gasteiger partial charge in [-0.2, -0.15) is 0 Å². The number of ketones is 1. The molecule has 0 heterocycles. The van der Waals surface area contributed by atoms with Crippen LogP contribution < -0.4 is 11.1 Å². The van der Waals surface area contributed by atoms with Crippen molar-refractivity contribution in [2.75, 3.05) is 48.3 Å². The number of fused-ring (bicyclic) bond motifs is 3. The Morgan fingerprint density at radius 1 is 1.09 bits per heavy atom. The Balaban J connectivity index is 0.00000148. The lowest BCUT2D eigenvalue weighted by molar-refractivity contribution is 0.0976. The van der Waals surface area contributed by atoms with Gasteiger partial charge in [0.25, 0.3) is 0 Å². The summed E-state index contributed by atoms with van der Waals surface area (Å²) >= 11 is 0. The fourth-order valence-electron chi connectivity index (χ4n) is 7.67. The van der Waals surface area contributed by atoms with Gasteiger partial charge in [-0.1, -0.05) is 62.1 Å². The Kier molecular flexibility index (Phi) is 10.0. The summed E-state index contributed by atoms with van der Waals surface area (Å²) in [6, 6.07) is 12.0. The molecule has 0 saturated heterocycles. The van der Waals surface area contributed by atoms with E-state index in [2.05, 4.69) is 95.0 Å². The van der Waals surface area contributed by atoms with Crippen LogP contribution in [0.3, 0.4) is 0 Å². The van der Waals surface area contributed by atoms with Crippen molar-refractivity contribution in [3.8, 4) is 16.9 Å². The standard InChI is InChI=1S/C37H45N3O2.C2H7N/c1-21-17-29-19-28-20-31-30(27-12-10-11-26(18-27)25(5)40(9)16-15-39(7)8)13-14-32(41)35(31)36(42)34(28)23(3)37(29,6)22(2)33(21)24(4)38;1-3-2/h10-14,18,28-29,41H,2,4-5,15-17,19-20,38H2,1,3,6-9H3;3H,1-2H3/t28?,29-,37+;/m1./s1. The van der Waals surface area contributed by atoms with E-state index < -0.39 is 0 Å². The van der Waals surface area contributed by atoms with Gasteiger partial charge in [-0.15, -0.1) is 0 Å². The van der Waals surface area contributed by atoms with Gasteiger partial charge < -0.3 is 26.0 Å². The number of nitrogens with zero attached hydrogens (tertiary/aromatic N) is 2. The minimum absolute atomic E-state index is 0.0444. The first kappa shape index (κ1) is 34.0. The fraction of sp³-hybridized carbons (Fsp3) is 0.410. The number of nitrogens with one attached hydrogen (secondary N) is 1. The molecule has 0 bridgehead atoms. The first-order valence-corrected chi connectivity index (χ1v) is 15.9. The lowest BCUT2D eigenvalue weighted by Gasteiger charge is -2.52. The van der Waals surface area contributed by atoms with Crippen LogP contribution in [0.5, 0.6) is 5.75 Å². The first-order valence-electron chi connectivity index (χ1n) is 15.9. The number of rotatable bonds is 7. The molecular weight excluding hydrogens is 556 g/mol. The van der Waals surface area contributed by atoms with E-state index in [0.29, 0.717) is 23.6 Å². The molecule has 6 nitrogen and oxygen atoms in total. The second kappa shape index (κ2) is 13.2. The molecule has 2 aromatic rings. The fourth-order valence-corrected chi connectivity index (χ4v) is 7.67. The molecule has 4 N–H and O–H groups in total. The Morgan fingerprint density at radius 3 is 2.38 bits per heavy atom. The van der Waals surface area contributed by atoms with Crippen LogP contribution >= 0.6 is 0 Å². The van der Waals surface area contributed by atoms with E-state index >= 15 is 0 Å². The smallest absolute Gasteiger partial charge is 0.193 e. The third-order valence-electron chi connectivity index (χ3n) is 10.3. The Hall–Kier alpha value is -3.87. The van der Waals surface area contributed by atoms with Crippen molar-refractivity contribution in [1.82, 2.24) is 15.1 Å². The van der Waals surface area contributed by atoms with Crippen LogP contribution in [-0.4, -0.2) is 69.0 Å². The molecule has 1 unspecified atom stereocenters. The molecule has 0 aromatic heterocycles. The van der Waals surface area contributed by atoms with E-state index in [1.54, 1.807) is 6.07 Å². The van der Waals surface area contributed by atoms with E-state index in [4.69, 9.17) is 5.73 Å². The third-order valence-corrected chi connectivity index (χ3v) is 10.3. The summed E-state index contributed by atoms with van der Waals surface area (Å²) in [6.45, 7) is 21.1. The van der Waals surface area contributed by atoms with Crippen molar-refractivity contribution in [2.45, 2.75) is 40.0 Å². The number of hydrogen-bond donors (Lipinski definition) is 3. The quantitative estimate of drug-likeness (QED) is 0.321. The van der Waals surface area contributed by atoms with Crippen molar-refractivity contribution in [3.05, 3.63) is 106 Å². The summed E-state index contributed by atoms with van der Waals surface area (Å²) in [5.41, 5.74) is 16.8. The zero-order valence-corrected chi connectivity index (χ0v) is 28.6. The number of carbonyl (C=O) groups is 1. The van der Waals surface area contributed by atoms with Gasteiger partial charge in [-0.25, -0.2) is 0 Å². The highest BCUT2D eigenvalue weighted by atomic mass is 16.3. The van der Waals surface area contributed by atoms with Crippen molar-refractivity contribution in [3.63, 3.8) is 0 Å². The number of phenolic OH excluding ortho intramolecular Hbond substituents is 1. The minimum atomic E-state index is -0.378. The topological polar surface area (TPSA) is 81.8 Å². The lowest BCUT2D eigenvalue weighted by atomic mass is 9.51. The molecule has 45 heavy (non-hydrogen) atoms. The molecule has 6 heteroatoms. The molecule has 0 amide bonds. The molecule has 5 rings (SSSR count). The van der Waals surface area contributed by atoms with Crippen molar-refractivity contribution in [2.24, 2.45) is 23.0 Å². The number of nitrogens with two attached hydrogens (primary N) is 1. The van der Waals surface area contributed by atoms with E-state index in [1.807, 2.05) is 26.2 Å². The Labute approximate surface area is 270 Å². The van der Waals surface area contributed by atoms with Gasteiger partial charge in [0.05, 0.1) is 5.56 Å². The highest BCUT2D eigenvalue weighted by Crippen LogP contribution is 2.60. The van der Waals surface area contributed by atoms with E-state index in [0.717, 1.165) is 76.2 Å². The van der Waals surface area contributed by atoms with Crippen LogP contribution in [0.25, 0.3) is 16.8 Å². The second-order valence-electron chi connectivity index (χ2n) is 13.5. The number of benzene rings is 2. The number of allylic oxidation sites excluding steroid dienone is 4. The van der Waals surface area contributed by atoms with Gasteiger partial charge in [0, 0.05) is 42.5 Å². The third kappa shape index (κ3) is 6.06. The van der Waals surface area contributed by atoms with Gasteiger partial charge >= 0.3 is 0 Å². The van der Waals surface area contributed by atoms with Crippen LogP contribution in [0, 0.1) is 17.3 Å². The summed E-state index contributed by atoms with van der Waals surface area (Å²) < 4.78 is 0. The number of likely N-dealkylation sites (N-methyl/N-ethyl adjacent to an activating group) is 2. The zero-order valence-electron chi connectivity index (χ0n) is 28.6. The maximum Gasteiger partial charge on any atom is 0.193 e. The molecule has 0 radical (unpaired) electrons. The molecule has 3 aliphatic rings. The lowest BCUT2D eigenvalue weighted by Crippen LogP contribution is -2.44. The molecule has 240 valence electrons. The number of aromatic hydroxyl groups is 1. The van der Waals surface area contributed by atoms with Gasteiger partial charge in [0.2, 0.25) is 0 Å². The molecule has 2 aromatic carbocycles. The van der Waals surface area contributed by atoms with E-state index in [1.165, 1.54) is 5.57 Å². The molecule has 0 aliphatic heterocycles. The average Bonchev–Trinajstić information content (AvgIpc) is 2.97. The minimum Gasteiger partial charge on any atom is -0.507 e. The molecule has 0 saturated carbocycles. The SMILES string of the molecule is C=C(N)C1=C(C)C[C@@H]2CC3Cc4c(-c5cccc(C(=C)N(C)CCN(C)C)c5)ccc(O)c4C(=O)C3=C(C)[C@]2(C)C1=C.CNC. The second-order valence-corrected chi connectivity index (χ2v) is 13.5. The van der Waals surface area contributed by atoms with Gasteiger partial charge in [0.1, 0.15) is 5.75 Å². The van der Waals surface area contributed by atoms with Gasteiger partial charge in [-0.05, 0) is 119 Å². The predicted molar refractivity (Wildman–Crippen MR) is 189 cm³/mol. The molecule has 3 atom stereocenters. The molecule has 0 spiro atoms. The largest absolute Gasteiger partial charge is 0.507 e. The monoisotopic (exact) mass is 608 g/mol. The average molecular weight is 609 g/mol. The van der Waals surface area contributed by atoms with Crippen molar-refractivity contribution >= 4 is 11.5 Å². The summed E-state index contributed by atoms with van der Waals surface area (Å²) in [4.78, 5) is 18.7. The number of hydrogen-bond acceptors (Lipinski definition) is 6. The zero-order chi connectivity index (χ0) is 33.4.